The third-order valence-electron chi connectivity index (χ3n) is 5.79. The van der Waals surface area contributed by atoms with E-state index in [4.69, 9.17) is 4.74 Å². The monoisotopic (exact) mass is 396 g/mol. The Morgan fingerprint density at radius 3 is 2.48 bits per heavy atom. The summed E-state index contributed by atoms with van der Waals surface area (Å²) in [5, 5.41) is 26.1. The van der Waals surface area contributed by atoms with Gasteiger partial charge in [-0.2, -0.15) is 0 Å². The van der Waals surface area contributed by atoms with Crippen molar-refractivity contribution >= 4 is 17.8 Å². The predicted molar refractivity (Wildman–Crippen MR) is 101 cm³/mol. The quantitative estimate of drug-likeness (QED) is 0.556. The van der Waals surface area contributed by atoms with Gasteiger partial charge in [0.1, 0.15) is 5.54 Å². The second-order valence-corrected chi connectivity index (χ2v) is 7.32. The van der Waals surface area contributed by atoms with Gasteiger partial charge < -0.3 is 14.9 Å². The number of fused-ring (bicyclic) bond motifs is 1. The molecule has 0 spiro atoms. The highest BCUT2D eigenvalue weighted by atomic mass is 16.5. The smallest absolute Gasteiger partial charge is 0.325 e. The molecule has 2 aromatic carbocycles. The standard InChI is InChI=1S/C21H20N2O6/c1-29-13-9-5-8-12(17(13)24)16-14-15(19(26)22-18(14)25)21(23-16,20(27)28)10-11-6-3-2-4-7-11/h2-9,14-16,23-24H,10H2,1H3,(H,27,28)(H,22,25,26). The SMILES string of the molecule is COc1cccc(C2NC(Cc3ccccc3)(C(=O)O)C3C(=O)NC(=O)C23)c1O. The minimum absolute atomic E-state index is 0.00622. The lowest BCUT2D eigenvalue weighted by Gasteiger charge is -2.30. The number of carbonyl (C=O) groups excluding carboxylic acids is 2. The van der Waals surface area contributed by atoms with Gasteiger partial charge in [-0.25, -0.2) is 0 Å². The number of methoxy groups -OCH3 is 1. The molecule has 8 nitrogen and oxygen atoms in total. The third-order valence-corrected chi connectivity index (χ3v) is 5.79. The molecule has 4 atom stereocenters. The Morgan fingerprint density at radius 2 is 1.83 bits per heavy atom. The molecule has 0 radical (unpaired) electrons. The lowest BCUT2D eigenvalue weighted by Crippen LogP contribution is -2.57. The zero-order chi connectivity index (χ0) is 20.8. The number of aromatic hydroxyl groups is 1. The molecule has 2 aromatic rings. The zero-order valence-electron chi connectivity index (χ0n) is 15.6. The van der Waals surface area contributed by atoms with Crippen LogP contribution in [0.25, 0.3) is 0 Å². The van der Waals surface area contributed by atoms with Crippen LogP contribution in [0.2, 0.25) is 0 Å². The molecule has 2 fully saturated rings. The molecule has 8 heteroatoms. The number of hydrogen-bond donors (Lipinski definition) is 4. The number of imide groups is 1. The van der Waals surface area contributed by atoms with Crippen molar-refractivity contribution in [3.8, 4) is 11.5 Å². The number of rotatable bonds is 5. The highest BCUT2D eigenvalue weighted by Gasteiger charge is 2.66. The number of carboxylic acid groups (broad SMARTS) is 1. The van der Waals surface area contributed by atoms with Crippen LogP contribution in [-0.4, -0.2) is 40.6 Å². The fraction of sp³-hybridized carbons (Fsp3) is 0.286. The average molecular weight is 396 g/mol. The van der Waals surface area contributed by atoms with Crippen LogP contribution in [0.3, 0.4) is 0 Å². The van der Waals surface area contributed by atoms with E-state index in [-0.39, 0.29) is 17.9 Å². The first-order chi connectivity index (χ1) is 13.9. The van der Waals surface area contributed by atoms with Crippen molar-refractivity contribution in [1.29, 1.82) is 0 Å². The maximum Gasteiger partial charge on any atom is 0.325 e. The molecule has 0 bridgehead atoms. The number of ether oxygens (including phenoxy) is 1. The second kappa shape index (κ2) is 6.89. The van der Waals surface area contributed by atoms with Crippen LogP contribution in [0.1, 0.15) is 17.2 Å². The molecule has 4 rings (SSSR count). The van der Waals surface area contributed by atoms with Crippen molar-refractivity contribution in [2.24, 2.45) is 11.8 Å². The molecule has 0 aromatic heterocycles. The summed E-state index contributed by atoms with van der Waals surface area (Å²) in [6, 6.07) is 12.8. The normalized spacial score (nSPS) is 28.1. The van der Waals surface area contributed by atoms with Gasteiger partial charge >= 0.3 is 5.97 Å². The van der Waals surface area contributed by atoms with Crippen LogP contribution in [0.5, 0.6) is 11.5 Å². The topological polar surface area (TPSA) is 125 Å². The fourth-order valence-electron chi connectivity index (χ4n) is 4.50. The molecular formula is C21H20N2O6. The third kappa shape index (κ3) is 2.84. The number of carboxylic acids is 1. The Hall–Kier alpha value is -3.39. The van der Waals surface area contributed by atoms with Crippen molar-refractivity contribution in [2.75, 3.05) is 7.11 Å². The van der Waals surface area contributed by atoms with Crippen LogP contribution in [0, 0.1) is 11.8 Å². The summed E-state index contributed by atoms with van der Waals surface area (Å²) in [5.74, 6) is -4.51. The van der Waals surface area contributed by atoms with Crippen molar-refractivity contribution in [3.63, 3.8) is 0 Å². The van der Waals surface area contributed by atoms with Crippen molar-refractivity contribution in [3.05, 3.63) is 59.7 Å². The Kier molecular flexibility index (Phi) is 4.50. The van der Waals surface area contributed by atoms with E-state index in [1.807, 2.05) is 6.07 Å². The molecule has 150 valence electrons. The number of benzene rings is 2. The number of amides is 2. The largest absolute Gasteiger partial charge is 0.504 e. The van der Waals surface area contributed by atoms with Gasteiger partial charge in [0.05, 0.1) is 18.9 Å². The van der Waals surface area contributed by atoms with E-state index in [1.165, 1.54) is 7.11 Å². The molecule has 4 N–H and O–H groups in total. The van der Waals surface area contributed by atoms with Crippen molar-refractivity contribution in [1.82, 2.24) is 10.6 Å². The van der Waals surface area contributed by atoms with Gasteiger partial charge in [-0.3, -0.25) is 25.0 Å². The average Bonchev–Trinajstić information content (AvgIpc) is 3.20. The van der Waals surface area contributed by atoms with Gasteiger partial charge in [-0.05, 0) is 11.6 Å². The molecular weight excluding hydrogens is 376 g/mol. The maximum atomic E-state index is 12.6. The van der Waals surface area contributed by atoms with Gasteiger partial charge in [0.15, 0.2) is 11.5 Å². The van der Waals surface area contributed by atoms with E-state index in [0.717, 1.165) is 0 Å². The summed E-state index contributed by atoms with van der Waals surface area (Å²) >= 11 is 0. The number of carbonyl (C=O) groups is 3. The molecule has 4 unspecified atom stereocenters. The molecule has 2 amide bonds. The van der Waals surface area contributed by atoms with Crippen molar-refractivity contribution < 1.29 is 29.3 Å². The number of phenols is 1. The Morgan fingerprint density at radius 1 is 1.10 bits per heavy atom. The second-order valence-electron chi connectivity index (χ2n) is 7.32. The lowest BCUT2D eigenvalue weighted by molar-refractivity contribution is -0.149. The number of para-hydroxylation sites is 1. The van der Waals surface area contributed by atoms with Crippen LogP contribution in [0.4, 0.5) is 0 Å². The first-order valence-electron chi connectivity index (χ1n) is 9.14. The lowest BCUT2D eigenvalue weighted by atomic mass is 9.76. The molecule has 0 saturated carbocycles. The predicted octanol–water partition coefficient (Wildman–Crippen LogP) is 1.00. The Bertz CT molecular complexity index is 992. The van der Waals surface area contributed by atoms with Gasteiger partial charge in [0.25, 0.3) is 0 Å². The minimum Gasteiger partial charge on any atom is -0.504 e. The van der Waals surface area contributed by atoms with Gasteiger partial charge in [0, 0.05) is 18.0 Å². The molecule has 2 aliphatic rings. The van der Waals surface area contributed by atoms with Gasteiger partial charge in [-0.1, -0.05) is 42.5 Å². The van der Waals surface area contributed by atoms with Crippen LogP contribution < -0.4 is 15.4 Å². The summed E-state index contributed by atoms with van der Waals surface area (Å²) in [4.78, 5) is 37.7. The number of aliphatic carboxylic acids is 1. The molecule has 0 aliphatic carbocycles. The molecule has 2 aliphatic heterocycles. The summed E-state index contributed by atoms with van der Waals surface area (Å²) in [5.41, 5.74) is -0.688. The van der Waals surface area contributed by atoms with E-state index in [1.54, 1.807) is 42.5 Å². The van der Waals surface area contributed by atoms with E-state index in [0.29, 0.717) is 11.1 Å². The highest BCUT2D eigenvalue weighted by Crippen LogP contribution is 2.50. The fourth-order valence-corrected chi connectivity index (χ4v) is 4.50. The number of phenolic OH excluding ortho intramolecular Hbond substituents is 1. The molecule has 2 heterocycles. The summed E-state index contributed by atoms with van der Waals surface area (Å²) in [6.45, 7) is 0. The van der Waals surface area contributed by atoms with Crippen LogP contribution in [-0.2, 0) is 20.8 Å². The van der Waals surface area contributed by atoms with E-state index in [2.05, 4.69) is 10.6 Å². The van der Waals surface area contributed by atoms with Crippen LogP contribution >= 0.6 is 0 Å². The molecule has 2 saturated heterocycles. The molecule has 29 heavy (non-hydrogen) atoms. The summed E-state index contributed by atoms with van der Waals surface area (Å²) in [6.07, 6.45) is 0.00622. The Labute approximate surface area is 166 Å². The summed E-state index contributed by atoms with van der Waals surface area (Å²) < 4.78 is 5.14. The maximum absolute atomic E-state index is 12.6. The van der Waals surface area contributed by atoms with Gasteiger partial charge in [-0.15, -0.1) is 0 Å². The van der Waals surface area contributed by atoms with Crippen LogP contribution in [0.15, 0.2) is 48.5 Å². The number of hydrogen-bond acceptors (Lipinski definition) is 6. The zero-order valence-corrected chi connectivity index (χ0v) is 15.6. The van der Waals surface area contributed by atoms with E-state index in [9.17, 15) is 24.6 Å². The van der Waals surface area contributed by atoms with Crippen molar-refractivity contribution in [2.45, 2.75) is 18.0 Å². The van der Waals surface area contributed by atoms with E-state index >= 15 is 0 Å². The highest BCUT2D eigenvalue weighted by molar-refractivity contribution is 6.09. The number of nitrogens with one attached hydrogen (secondary N) is 2. The first kappa shape index (κ1) is 18.9. The first-order valence-corrected chi connectivity index (χ1v) is 9.14. The van der Waals surface area contributed by atoms with E-state index < -0.39 is 41.2 Å². The van der Waals surface area contributed by atoms with Gasteiger partial charge in [0.2, 0.25) is 11.8 Å². The Balaban J connectivity index is 1.85. The summed E-state index contributed by atoms with van der Waals surface area (Å²) in [7, 11) is 1.40. The minimum atomic E-state index is -1.71.